The molecule has 1 fully saturated rings. The second kappa shape index (κ2) is 8.98. The smallest absolute Gasteiger partial charge is 0.297 e. The molecule has 1 aliphatic heterocycles. The highest BCUT2D eigenvalue weighted by atomic mass is 19.4. The molecule has 0 amide bonds. The molecule has 0 atom stereocenters. The second-order valence-corrected chi connectivity index (χ2v) is 9.69. The highest BCUT2D eigenvalue weighted by Gasteiger charge is 2.58. The molecule has 0 bridgehead atoms. The minimum Gasteiger partial charge on any atom is -0.297 e. The standard InChI is InChI=1S/C29H27F3N2O2/c1-19-10-11-21(20(2)16-19)18-33-12-14-34(15-13-33)28(22-6-5-7-23(17-22)29(30,31)32)26(35)24-8-3-4-9-25(24)27(28)36/h3-11,16-17H,12-15,18H2,1-2H3. The summed E-state index contributed by atoms with van der Waals surface area (Å²) in [7, 11) is 0. The number of carbonyl (C=O) groups is 2. The van der Waals surface area contributed by atoms with Crippen molar-refractivity contribution in [3.63, 3.8) is 0 Å². The minimum atomic E-state index is -4.58. The Balaban J connectivity index is 1.50. The molecule has 3 aromatic carbocycles. The van der Waals surface area contributed by atoms with Gasteiger partial charge in [-0.05, 0) is 42.7 Å². The van der Waals surface area contributed by atoms with E-state index in [0.29, 0.717) is 26.2 Å². The fourth-order valence-electron chi connectivity index (χ4n) is 5.53. The van der Waals surface area contributed by atoms with Gasteiger partial charge in [-0.2, -0.15) is 13.2 Å². The third-order valence-electron chi connectivity index (χ3n) is 7.42. The molecule has 0 N–H and O–H groups in total. The zero-order chi connectivity index (χ0) is 25.7. The van der Waals surface area contributed by atoms with Crippen molar-refractivity contribution in [1.29, 1.82) is 0 Å². The maximum Gasteiger partial charge on any atom is 0.416 e. The van der Waals surface area contributed by atoms with Crippen LogP contribution in [0.25, 0.3) is 0 Å². The molecule has 36 heavy (non-hydrogen) atoms. The predicted molar refractivity (Wildman–Crippen MR) is 131 cm³/mol. The average molecular weight is 493 g/mol. The predicted octanol–water partition coefficient (Wildman–Crippen LogP) is 5.41. The number of fused-ring (bicyclic) bond motifs is 1. The van der Waals surface area contributed by atoms with Crippen LogP contribution in [0.15, 0.2) is 66.7 Å². The van der Waals surface area contributed by atoms with Crippen LogP contribution in [-0.4, -0.2) is 47.5 Å². The first-order valence-electron chi connectivity index (χ1n) is 12.0. The summed E-state index contributed by atoms with van der Waals surface area (Å²) in [6.45, 7) is 6.80. The van der Waals surface area contributed by atoms with E-state index in [1.165, 1.54) is 28.8 Å². The van der Waals surface area contributed by atoms with Gasteiger partial charge in [0.2, 0.25) is 0 Å². The molecule has 5 rings (SSSR count). The van der Waals surface area contributed by atoms with E-state index in [0.717, 1.165) is 18.7 Å². The Labute approximate surface area is 208 Å². The van der Waals surface area contributed by atoms with Crippen LogP contribution < -0.4 is 0 Å². The number of nitrogens with zero attached hydrogens (tertiary/aromatic N) is 2. The molecule has 4 nitrogen and oxygen atoms in total. The Morgan fingerprint density at radius 3 is 2.03 bits per heavy atom. The van der Waals surface area contributed by atoms with E-state index >= 15 is 0 Å². The third kappa shape index (κ3) is 3.96. The number of hydrogen-bond acceptors (Lipinski definition) is 4. The molecular weight excluding hydrogens is 465 g/mol. The van der Waals surface area contributed by atoms with E-state index in [4.69, 9.17) is 0 Å². The molecule has 186 valence electrons. The van der Waals surface area contributed by atoms with Gasteiger partial charge in [0, 0.05) is 43.9 Å². The van der Waals surface area contributed by atoms with Crippen LogP contribution in [0.5, 0.6) is 0 Å². The normalized spacial score (nSPS) is 18.5. The van der Waals surface area contributed by atoms with Crippen molar-refractivity contribution in [2.45, 2.75) is 32.1 Å². The Morgan fingerprint density at radius 2 is 1.44 bits per heavy atom. The van der Waals surface area contributed by atoms with Gasteiger partial charge in [-0.1, -0.05) is 60.2 Å². The van der Waals surface area contributed by atoms with E-state index in [2.05, 4.69) is 36.9 Å². The van der Waals surface area contributed by atoms with Gasteiger partial charge in [-0.25, -0.2) is 0 Å². The first-order chi connectivity index (χ1) is 17.1. The van der Waals surface area contributed by atoms with Crippen molar-refractivity contribution < 1.29 is 22.8 Å². The number of ketones is 2. The van der Waals surface area contributed by atoms with E-state index < -0.39 is 28.8 Å². The number of aryl methyl sites for hydroxylation is 2. The Bertz CT molecular complexity index is 1310. The molecule has 0 saturated carbocycles. The van der Waals surface area contributed by atoms with Gasteiger partial charge in [0.05, 0.1) is 5.56 Å². The zero-order valence-corrected chi connectivity index (χ0v) is 20.2. The number of rotatable bonds is 4. The lowest BCUT2D eigenvalue weighted by Crippen LogP contribution is -2.60. The van der Waals surface area contributed by atoms with Gasteiger partial charge in [0.25, 0.3) is 0 Å². The molecule has 2 aliphatic rings. The maximum atomic E-state index is 13.9. The van der Waals surface area contributed by atoms with Crippen LogP contribution >= 0.6 is 0 Å². The van der Waals surface area contributed by atoms with Gasteiger partial charge < -0.3 is 0 Å². The molecule has 0 radical (unpaired) electrons. The monoisotopic (exact) mass is 492 g/mol. The van der Waals surface area contributed by atoms with E-state index in [1.54, 1.807) is 29.2 Å². The lowest BCUT2D eigenvalue weighted by Gasteiger charge is -2.44. The van der Waals surface area contributed by atoms with Crippen LogP contribution in [0, 0.1) is 13.8 Å². The van der Waals surface area contributed by atoms with Gasteiger partial charge in [0.15, 0.2) is 17.1 Å². The fourth-order valence-corrected chi connectivity index (χ4v) is 5.53. The van der Waals surface area contributed by atoms with Crippen molar-refractivity contribution >= 4 is 11.6 Å². The fraction of sp³-hybridized carbons (Fsp3) is 0.310. The molecule has 0 aromatic heterocycles. The van der Waals surface area contributed by atoms with Crippen molar-refractivity contribution in [2.75, 3.05) is 26.2 Å². The SMILES string of the molecule is Cc1ccc(CN2CCN(C3(c4cccc(C(F)(F)F)c4)C(=O)c4ccccc4C3=O)CC2)c(C)c1. The molecule has 7 heteroatoms. The molecule has 1 heterocycles. The summed E-state index contributed by atoms with van der Waals surface area (Å²) in [4.78, 5) is 31.8. The van der Waals surface area contributed by atoms with Gasteiger partial charge in [-0.3, -0.25) is 19.4 Å². The quantitative estimate of drug-likeness (QED) is 0.457. The highest BCUT2D eigenvalue weighted by molar-refractivity contribution is 6.32. The van der Waals surface area contributed by atoms with Crippen molar-refractivity contribution in [1.82, 2.24) is 9.80 Å². The molecule has 0 unspecified atom stereocenters. The topological polar surface area (TPSA) is 40.6 Å². The van der Waals surface area contributed by atoms with E-state index in [9.17, 15) is 22.8 Å². The van der Waals surface area contributed by atoms with E-state index in [1.807, 2.05) is 0 Å². The van der Waals surface area contributed by atoms with Crippen LogP contribution in [-0.2, 0) is 18.3 Å². The van der Waals surface area contributed by atoms with Gasteiger partial charge in [0.1, 0.15) is 0 Å². The largest absolute Gasteiger partial charge is 0.416 e. The van der Waals surface area contributed by atoms with Crippen LogP contribution in [0.4, 0.5) is 13.2 Å². The second-order valence-electron chi connectivity index (χ2n) is 9.69. The molecular formula is C29H27F3N2O2. The summed E-state index contributed by atoms with van der Waals surface area (Å²) >= 11 is 0. The van der Waals surface area contributed by atoms with Crippen LogP contribution in [0.2, 0.25) is 0 Å². The number of halogens is 3. The number of hydrogen-bond donors (Lipinski definition) is 0. The highest BCUT2D eigenvalue weighted by Crippen LogP contribution is 2.44. The first kappa shape index (κ1) is 24.4. The zero-order valence-electron chi connectivity index (χ0n) is 20.2. The number of benzene rings is 3. The summed E-state index contributed by atoms with van der Waals surface area (Å²) in [5.74, 6) is -0.907. The average Bonchev–Trinajstić information content (AvgIpc) is 3.08. The van der Waals surface area contributed by atoms with Crippen molar-refractivity contribution in [3.8, 4) is 0 Å². The molecule has 1 aliphatic carbocycles. The summed E-state index contributed by atoms with van der Waals surface area (Å²) in [6, 6.07) is 17.5. The van der Waals surface area contributed by atoms with Crippen molar-refractivity contribution in [2.24, 2.45) is 0 Å². The Kier molecular flexibility index (Phi) is 6.09. The summed E-state index contributed by atoms with van der Waals surface area (Å²) in [5, 5.41) is 0. The Morgan fingerprint density at radius 1 is 0.806 bits per heavy atom. The lowest BCUT2D eigenvalue weighted by molar-refractivity contribution is -0.137. The summed E-state index contributed by atoms with van der Waals surface area (Å²) in [5.41, 5.74) is 1.54. The number of Topliss-reactive ketones (excluding diaryl/α,β-unsaturated/α-hetero) is 2. The summed E-state index contributed by atoms with van der Waals surface area (Å²) < 4.78 is 40.8. The van der Waals surface area contributed by atoms with Crippen LogP contribution in [0.3, 0.4) is 0 Å². The Hall–Kier alpha value is -3.29. The first-order valence-corrected chi connectivity index (χ1v) is 12.0. The van der Waals surface area contributed by atoms with Gasteiger partial charge in [-0.15, -0.1) is 0 Å². The molecule has 1 saturated heterocycles. The lowest BCUT2D eigenvalue weighted by atomic mass is 9.81. The van der Waals surface area contributed by atoms with Crippen molar-refractivity contribution in [3.05, 3.63) is 106 Å². The summed E-state index contributed by atoms with van der Waals surface area (Å²) in [6.07, 6.45) is -4.58. The third-order valence-corrected chi connectivity index (χ3v) is 7.42. The minimum absolute atomic E-state index is 0.0753. The maximum absolute atomic E-state index is 13.9. The van der Waals surface area contributed by atoms with Gasteiger partial charge >= 0.3 is 6.18 Å². The van der Waals surface area contributed by atoms with E-state index in [-0.39, 0.29) is 16.7 Å². The number of piperazine rings is 1. The van der Waals surface area contributed by atoms with Crippen LogP contribution in [0.1, 0.15) is 48.5 Å². The molecule has 3 aromatic rings. The molecule has 0 spiro atoms. The number of carbonyl (C=O) groups excluding carboxylic acids is 2. The number of alkyl halides is 3.